The molecule has 0 saturated heterocycles. The standard InChI is InChI=1S/C40H39N3O/c1-27(2)32-22-15-23-33(28(3)4)38(32)41-26-31-20-11-13-24-35(31)42-36-25-14-12-21-34(36)40-43-37(29-16-7-5-8-17-29)39(44-40)30-18-9-6-10-19-30/h5-28,37,39,42H,1-4H3/t37-,39+/m0/s1. The predicted octanol–water partition coefficient (Wildman–Crippen LogP) is 10.7. The minimum Gasteiger partial charge on any atom is -0.467 e. The van der Waals surface area contributed by atoms with Gasteiger partial charge in [-0.2, -0.15) is 0 Å². The molecule has 1 heterocycles. The SMILES string of the molecule is CC(C)c1cccc(C(C)C)c1N=Cc1ccccc1Nc1ccccc1C1=N[C@@H](c2ccccc2)[C@@H](c2ccccc2)O1. The van der Waals surface area contributed by atoms with Gasteiger partial charge in [-0.25, -0.2) is 4.99 Å². The summed E-state index contributed by atoms with van der Waals surface area (Å²) in [5, 5.41) is 3.69. The van der Waals surface area contributed by atoms with Crippen LogP contribution in [0.4, 0.5) is 17.1 Å². The minimum absolute atomic E-state index is 0.141. The number of para-hydroxylation sites is 3. The Morgan fingerprint density at radius 1 is 0.636 bits per heavy atom. The molecule has 0 saturated carbocycles. The summed E-state index contributed by atoms with van der Waals surface area (Å²) in [7, 11) is 0. The lowest BCUT2D eigenvalue weighted by atomic mass is 9.93. The molecule has 220 valence electrons. The summed E-state index contributed by atoms with van der Waals surface area (Å²) in [6.07, 6.45) is 1.77. The van der Waals surface area contributed by atoms with Gasteiger partial charge in [0.2, 0.25) is 5.90 Å². The molecule has 4 nitrogen and oxygen atoms in total. The molecule has 0 fully saturated rings. The van der Waals surface area contributed by atoms with Gasteiger partial charge in [0.15, 0.2) is 6.10 Å². The van der Waals surface area contributed by atoms with Gasteiger partial charge in [-0.15, -0.1) is 0 Å². The fraction of sp³-hybridized carbons (Fsp3) is 0.200. The number of rotatable bonds is 9. The topological polar surface area (TPSA) is 46.0 Å². The third kappa shape index (κ3) is 6.21. The molecule has 1 aliphatic rings. The highest BCUT2D eigenvalue weighted by molar-refractivity contribution is 6.02. The van der Waals surface area contributed by atoms with Crippen molar-refractivity contribution in [1.82, 2.24) is 0 Å². The van der Waals surface area contributed by atoms with E-state index in [1.807, 2.05) is 36.5 Å². The van der Waals surface area contributed by atoms with E-state index in [0.717, 1.165) is 39.3 Å². The van der Waals surface area contributed by atoms with Crippen LogP contribution in [0.15, 0.2) is 137 Å². The molecule has 4 heteroatoms. The predicted molar refractivity (Wildman–Crippen MR) is 184 cm³/mol. The first kappa shape index (κ1) is 29.1. The highest BCUT2D eigenvalue weighted by Gasteiger charge is 2.34. The van der Waals surface area contributed by atoms with Crippen LogP contribution in [-0.4, -0.2) is 12.1 Å². The summed E-state index contributed by atoms with van der Waals surface area (Å²) in [4.78, 5) is 10.3. The highest BCUT2D eigenvalue weighted by atomic mass is 16.5. The van der Waals surface area contributed by atoms with Crippen molar-refractivity contribution < 1.29 is 4.74 Å². The monoisotopic (exact) mass is 577 g/mol. The van der Waals surface area contributed by atoms with Crippen molar-refractivity contribution in [3.8, 4) is 0 Å². The van der Waals surface area contributed by atoms with E-state index in [2.05, 4.69) is 130 Å². The van der Waals surface area contributed by atoms with Gasteiger partial charge in [-0.1, -0.05) is 137 Å². The quantitative estimate of drug-likeness (QED) is 0.177. The molecular weight excluding hydrogens is 538 g/mol. The van der Waals surface area contributed by atoms with Gasteiger partial charge >= 0.3 is 0 Å². The number of aliphatic imine (C=N–C) groups is 2. The number of ether oxygens (including phenoxy) is 1. The van der Waals surface area contributed by atoms with Crippen molar-refractivity contribution in [2.24, 2.45) is 9.98 Å². The van der Waals surface area contributed by atoms with E-state index in [1.165, 1.54) is 11.1 Å². The first-order valence-corrected chi connectivity index (χ1v) is 15.5. The average Bonchev–Trinajstić information content (AvgIpc) is 3.51. The van der Waals surface area contributed by atoms with Crippen LogP contribution >= 0.6 is 0 Å². The number of nitrogens with zero attached hydrogens (tertiary/aromatic N) is 2. The van der Waals surface area contributed by atoms with Gasteiger partial charge < -0.3 is 10.1 Å². The van der Waals surface area contributed by atoms with E-state index in [9.17, 15) is 0 Å². The molecule has 2 atom stereocenters. The molecule has 1 N–H and O–H groups in total. The Kier molecular flexibility index (Phi) is 8.69. The van der Waals surface area contributed by atoms with Gasteiger partial charge in [0.05, 0.1) is 16.9 Å². The maximum absolute atomic E-state index is 6.67. The van der Waals surface area contributed by atoms with Gasteiger partial charge in [0.1, 0.15) is 6.04 Å². The zero-order valence-electron chi connectivity index (χ0n) is 25.8. The third-order valence-corrected chi connectivity index (χ3v) is 8.11. The van der Waals surface area contributed by atoms with Gasteiger partial charge in [-0.05, 0) is 52.3 Å². The molecule has 0 unspecified atom stereocenters. The molecule has 0 aliphatic carbocycles. The number of nitrogens with one attached hydrogen (secondary N) is 1. The largest absolute Gasteiger partial charge is 0.467 e. The molecule has 0 bridgehead atoms. The first-order valence-electron chi connectivity index (χ1n) is 15.5. The molecule has 0 amide bonds. The van der Waals surface area contributed by atoms with Crippen LogP contribution in [0.2, 0.25) is 0 Å². The number of anilines is 2. The molecule has 5 aromatic rings. The van der Waals surface area contributed by atoms with Crippen LogP contribution in [0.3, 0.4) is 0 Å². The molecule has 0 aromatic heterocycles. The van der Waals surface area contributed by atoms with E-state index in [0.29, 0.717) is 17.7 Å². The van der Waals surface area contributed by atoms with Crippen LogP contribution < -0.4 is 5.32 Å². The molecule has 0 spiro atoms. The zero-order chi connectivity index (χ0) is 30.5. The van der Waals surface area contributed by atoms with Crippen molar-refractivity contribution in [1.29, 1.82) is 0 Å². The molecule has 6 rings (SSSR count). The molecule has 44 heavy (non-hydrogen) atoms. The minimum atomic E-state index is -0.211. The zero-order valence-corrected chi connectivity index (χ0v) is 25.8. The van der Waals surface area contributed by atoms with E-state index in [1.54, 1.807) is 0 Å². The Morgan fingerprint density at radius 3 is 1.86 bits per heavy atom. The summed E-state index contributed by atoms with van der Waals surface area (Å²) < 4.78 is 6.67. The van der Waals surface area contributed by atoms with Gasteiger partial charge in [0, 0.05) is 17.5 Å². The van der Waals surface area contributed by atoms with Crippen LogP contribution in [0.1, 0.15) is 85.1 Å². The summed E-state index contributed by atoms with van der Waals surface area (Å²) in [5.74, 6) is 1.40. The van der Waals surface area contributed by atoms with Crippen LogP contribution in [0.5, 0.6) is 0 Å². The Labute approximate surface area is 261 Å². The Morgan fingerprint density at radius 2 is 1.20 bits per heavy atom. The molecule has 5 aromatic carbocycles. The Hall–Kier alpha value is -4.96. The van der Waals surface area contributed by atoms with Crippen molar-refractivity contribution in [3.05, 3.63) is 161 Å². The van der Waals surface area contributed by atoms with E-state index in [4.69, 9.17) is 14.7 Å². The summed E-state index contributed by atoms with van der Waals surface area (Å²) in [6.45, 7) is 8.90. The second-order valence-corrected chi connectivity index (χ2v) is 11.8. The lowest BCUT2D eigenvalue weighted by Gasteiger charge is -2.19. The first-order chi connectivity index (χ1) is 21.5. The van der Waals surface area contributed by atoms with Crippen molar-refractivity contribution in [2.45, 2.75) is 51.7 Å². The fourth-order valence-electron chi connectivity index (χ4n) is 5.78. The Balaban J connectivity index is 1.34. The lowest BCUT2D eigenvalue weighted by molar-refractivity contribution is 0.197. The Bertz CT molecular complexity index is 1750. The number of hydrogen-bond donors (Lipinski definition) is 1. The van der Waals surface area contributed by atoms with Crippen molar-refractivity contribution >= 4 is 29.2 Å². The smallest absolute Gasteiger partial charge is 0.219 e. The second kappa shape index (κ2) is 13.1. The normalized spacial score (nSPS) is 16.4. The summed E-state index contributed by atoms with van der Waals surface area (Å²) in [6, 6.07) is 43.6. The van der Waals surface area contributed by atoms with E-state index >= 15 is 0 Å². The van der Waals surface area contributed by atoms with E-state index in [-0.39, 0.29) is 12.1 Å². The maximum Gasteiger partial charge on any atom is 0.219 e. The highest BCUT2D eigenvalue weighted by Crippen LogP contribution is 2.42. The van der Waals surface area contributed by atoms with Crippen molar-refractivity contribution in [3.63, 3.8) is 0 Å². The summed E-state index contributed by atoms with van der Waals surface area (Å²) in [5.41, 5.74) is 9.66. The van der Waals surface area contributed by atoms with Gasteiger partial charge in [0.25, 0.3) is 0 Å². The fourth-order valence-corrected chi connectivity index (χ4v) is 5.78. The average molecular weight is 578 g/mol. The number of benzene rings is 5. The van der Waals surface area contributed by atoms with Crippen LogP contribution in [-0.2, 0) is 4.74 Å². The second-order valence-electron chi connectivity index (χ2n) is 11.8. The molecule has 0 radical (unpaired) electrons. The van der Waals surface area contributed by atoms with Gasteiger partial charge in [-0.3, -0.25) is 4.99 Å². The van der Waals surface area contributed by atoms with E-state index < -0.39 is 0 Å². The molecule has 1 aliphatic heterocycles. The maximum atomic E-state index is 6.67. The van der Waals surface area contributed by atoms with Crippen molar-refractivity contribution in [2.75, 3.05) is 5.32 Å². The van der Waals surface area contributed by atoms with Crippen LogP contribution in [0.25, 0.3) is 0 Å². The molecular formula is C40H39N3O. The number of hydrogen-bond acceptors (Lipinski definition) is 4. The summed E-state index contributed by atoms with van der Waals surface area (Å²) >= 11 is 0. The lowest BCUT2D eigenvalue weighted by Crippen LogP contribution is -2.10. The third-order valence-electron chi connectivity index (χ3n) is 8.11. The van der Waals surface area contributed by atoms with Crippen LogP contribution in [0, 0.1) is 0 Å².